The van der Waals surface area contributed by atoms with Gasteiger partial charge in [-0.05, 0) is 43.1 Å². The molecule has 0 saturated carbocycles. The van der Waals surface area contributed by atoms with Crippen LogP contribution in [-0.2, 0) is 12.6 Å². The van der Waals surface area contributed by atoms with Crippen molar-refractivity contribution in [1.29, 1.82) is 0 Å². The molecule has 0 bridgehead atoms. The fourth-order valence-corrected chi connectivity index (χ4v) is 2.29. The van der Waals surface area contributed by atoms with Crippen molar-refractivity contribution in [3.8, 4) is 0 Å². The highest BCUT2D eigenvalue weighted by Crippen LogP contribution is 2.30. The Balaban J connectivity index is 2.13. The molecule has 2 aromatic rings. The number of nitrogens with two attached hydrogens (primary N) is 1. The minimum atomic E-state index is -4.29. The molecule has 2 rings (SSSR count). The van der Waals surface area contributed by atoms with Crippen LogP contribution in [0, 0.1) is 6.92 Å². The van der Waals surface area contributed by atoms with E-state index < -0.39 is 11.7 Å². The molecule has 112 valence electrons. The molecule has 21 heavy (non-hydrogen) atoms. The van der Waals surface area contributed by atoms with E-state index in [2.05, 4.69) is 0 Å². The van der Waals surface area contributed by atoms with E-state index in [1.165, 1.54) is 17.7 Å². The Morgan fingerprint density at radius 1 is 0.952 bits per heavy atom. The molecule has 0 spiro atoms. The second-order valence-electron chi connectivity index (χ2n) is 5.24. The Labute approximate surface area is 122 Å². The molecular formula is C17H18F3N. The maximum absolute atomic E-state index is 12.5. The first-order valence-corrected chi connectivity index (χ1v) is 6.83. The van der Waals surface area contributed by atoms with Crippen LogP contribution in [0.5, 0.6) is 0 Å². The lowest BCUT2D eigenvalue weighted by Crippen LogP contribution is -2.15. The van der Waals surface area contributed by atoms with Crippen LogP contribution in [0.25, 0.3) is 0 Å². The summed E-state index contributed by atoms with van der Waals surface area (Å²) in [4.78, 5) is 0. The van der Waals surface area contributed by atoms with Gasteiger partial charge in [0.05, 0.1) is 5.56 Å². The lowest BCUT2D eigenvalue weighted by Gasteiger charge is -2.16. The highest BCUT2D eigenvalue weighted by Gasteiger charge is 2.29. The van der Waals surface area contributed by atoms with E-state index in [4.69, 9.17) is 5.73 Å². The first-order chi connectivity index (χ1) is 9.90. The van der Waals surface area contributed by atoms with Crippen molar-refractivity contribution in [2.24, 2.45) is 5.73 Å². The summed E-state index contributed by atoms with van der Waals surface area (Å²) in [7, 11) is 0. The standard InChI is InChI=1S/C17H18F3N/c1-12-2-6-14(7-3-12)15(11-21)10-13-4-8-16(9-5-13)17(18,19)20/h2-9,15H,10-11,21H2,1H3. The summed E-state index contributed by atoms with van der Waals surface area (Å²) < 4.78 is 37.6. The molecule has 2 aromatic carbocycles. The minimum Gasteiger partial charge on any atom is -0.330 e. The van der Waals surface area contributed by atoms with E-state index in [0.717, 1.165) is 23.3 Å². The predicted molar refractivity (Wildman–Crippen MR) is 78.1 cm³/mol. The monoisotopic (exact) mass is 293 g/mol. The average molecular weight is 293 g/mol. The summed E-state index contributed by atoms with van der Waals surface area (Å²) in [6.45, 7) is 2.47. The van der Waals surface area contributed by atoms with Gasteiger partial charge in [0.1, 0.15) is 0 Å². The topological polar surface area (TPSA) is 26.0 Å². The SMILES string of the molecule is Cc1ccc(C(CN)Cc2ccc(C(F)(F)F)cc2)cc1. The van der Waals surface area contributed by atoms with E-state index in [0.29, 0.717) is 13.0 Å². The molecule has 0 aromatic heterocycles. The molecule has 1 nitrogen and oxygen atoms in total. The normalized spacial score (nSPS) is 13.2. The van der Waals surface area contributed by atoms with Crippen molar-refractivity contribution in [1.82, 2.24) is 0 Å². The van der Waals surface area contributed by atoms with Crippen molar-refractivity contribution in [3.05, 3.63) is 70.8 Å². The van der Waals surface area contributed by atoms with Gasteiger partial charge in [-0.25, -0.2) is 0 Å². The lowest BCUT2D eigenvalue weighted by atomic mass is 9.91. The molecule has 0 aliphatic carbocycles. The Kier molecular flexibility index (Phi) is 4.68. The summed E-state index contributed by atoms with van der Waals surface area (Å²) >= 11 is 0. The molecule has 0 fully saturated rings. The molecule has 1 unspecified atom stereocenters. The lowest BCUT2D eigenvalue weighted by molar-refractivity contribution is -0.137. The fourth-order valence-electron chi connectivity index (χ4n) is 2.29. The van der Waals surface area contributed by atoms with Gasteiger partial charge in [0.15, 0.2) is 0 Å². The third-order valence-corrected chi connectivity index (χ3v) is 3.60. The summed E-state index contributed by atoms with van der Waals surface area (Å²) in [5.41, 5.74) is 8.33. The zero-order chi connectivity index (χ0) is 15.5. The van der Waals surface area contributed by atoms with Gasteiger partial charge in [0.2, 0.25) is 0 Å². The summed E-state index contributed by atoms with van der Waals surface area (Å²) in [6, 6.07) is 13.4. The van der Waals surface area contributed by atoms with Crippen molar-refractivity contribution in [3.63, 3.8) is 0 Å². The maximum atomic E-state index is 12.5. The van der Waals surface area contributed by atoms with Gasteiger partial charge in [-0.1, -0.05) is 42.0 Å². The number of hydrogen-bond acceptors (Lipinski definition) is 1. The van der Waals surface area contributed by atoms with Crippen molar-refractivity contribution in [2.45, 2.75) is 25.4 Å². The van der Waals surface area contributed by atoms with Crippen LogP contribution < -0.4 is 5.73 Å². The smallest absolute Gasteiger partial charge is 0.330 e. The molecule has 0 aliphatic rings. The fraction of sp³-hybridized carbons (Fsp3) is 0.294. The molecular weight excluding hydrogens is 275 g/mol. The highest BCUT2D eigenvalue weighted by atomic mass is 19.4. The van der Waals surface area contributed by atoms with Crippen LogP contribution in [-0.4, -0.2) is 6.54 Å². The zero-order valence-corrected chi connectivity index (χ0v) is 11.8. The number of halogens is 3. The molecule has 1 atom stereocenters. The zero-order valence-electron chi connectivity index (χ0n) is 11.8. The third kappa shape index (κ3) is 4.08. The largest absolute Gasteiger partial charge is 0.416 e. The Hall–Kier alpha value is -1.81. The molecule has 2 N–H and O–H groups in total. The van der Waals surface area contributed by atoms with Crippen molar-refractivity contribution < 1.29 is 13.2 Å². The molecule has 0 radical (unpaired) electrons. The highest BCUT2D eigenvalue weighted by molar-refractivity contribution is 5.29. The quantitative estimate of drug-likeness (QED) is 0.893. The van der Waals surface area contributed by atoms with Crippen LogP contribution in [0.1, 0.15) is 28.2 Å². The molecule has 4 heteroatoms. The van der Waals surface area contributed by atoms with Gasteiger partial charge in [0, 0.05) is 5.92 Å². The predicted octanol–water partition coefficient (Wildman–Crippen LogP) is 4.30. The summed E-state index contributed by atoms with van der Waals surface area (Å²) in [5.74, 6) is 0.113. The number of alkyl halides is 3. The molecule has 0 saturated heterocycles. The Morgan fingerprint density at radius 2 is 1.52 bits per heavy atom. The molecule has 0 heterocycles. The van der Waals surface area contributed by atoms with Gasteiger partial charge in [-0.15, -0.1) is 0 Å². The first-order valence-electron chi connectivity index (χ1n) is 6.83. The molecule has 0 aliphatic heterocycles. The molecule has 0 amide bonds. The number of aryl methyl sites for hydroxylation is 1. The van der Waals surface area contributed by atoms with Gasteiger partial charge in [-0.2, -0.15) is 13.2 Å². The van der Waals surface area contributed by atoms with Crippen molar-refractivity contribution >= 4 is 0 Å². The van der Waals surface area contributed by atoms with Crippen LogP contribution in [0.3, 0.4) is 0 Å². The van der Waals surface area contributed by atoms with E-state index >= 15 is 0 Å². The number of hydrogen-bond donors (Lipinski definition) is 1. The Bertz CT molecular complexity index is 570. The summed E-state index contributed by atoms with van der Waals surface area (Å²) in [5, 5.41) is 0. The average Bonchev–Trinajstić information content (AvgIpc) is 2.45. The van der Waals surface area contributed by atoms with Crippen LogP contribution in [0.4, 0.5) is 13.2 Å². The van der Waals surface area contributed by atoms with E-state index in [-0.39, 0.29) is 5.92 Å². The van der Waals surface area contributed by atoms with Crippen LogP contribution in [0.2, 0.25) is 0 Å². The van der Waals surface area contributed by atoms with E-state index in [1.54, 1.807) is 0 Å². The van der Waals surface area contributed by atoms with Gasteiger partial charge < -0.3 is 5.73 Å². The Morgan fingerprint density at radius 3 is 2.00 bits per heavy atom. The van der Waals surface area contributed by atoms with Crippen molar-refractivity contribution in [2.75, 3.05) is 6.54 Å². The summed E-state index contributed by atoms with van der Waals surface area (Å²) in [6.07, 6.45) is -3.65. The number of benzene rings is 2. The third-order valence-electron chi connectivity index (χ3n) is 3.60. The maximum Gasteiger partial charge on any atom is 0.416 e. The first kappa shape index (κ1) is 15.6. The van der Waals surface area contributed by atoms with E-state index in [9.17, 15) is 13.2 Å². The van der Waals surface area contributed by atoms with Crippen LogP contribution >= 0.6 is 0 Å². The number of rotatable bonds is 4. The van der Waals surface area contributed by atoms with E-state index in [1.807, 2.05) is 31.2 Å². The van der Waals surface area contributed by atoms with Gasteiger partial charge in [-0.3, -0.25) is 0 Å². The van der Waals surface area contributed by atoms with Gasteiger partial charge >= 0.3 is 6.18 Å². The second kappa shape index (κ2) is 6.31. The van der Waals surface area contributed by atoms with Gasteiger partial charge in [0.25, 0.3) is 0 Å². The van der Waals surface area contributed by atoms with Crippen LogP contribution in [0.15, 0.2) is 48.5 Å². The second-order valence-corrected chi connectivity index (χ2v) is 5.24. The minimum absolute atomic E-state index is 0.113.